The molecule has 27 heavy (non-hydrogen) atoms. The molecule has 5 nitrogen and oxygen atoms in total. The topological polar surface area (TPSA) is 48.9 Å². The van der Waals surface area contributed by atoms with Gasteiger partial charge >= 0.3 is 0 Å². The van der Waals surface area contributed by atoms with E-state index in [2.05, 4.69) is 45.9 Å². The number of nitrogens with zero attached hydrogens (tertiary/aromatic N) is 2. The van der Waals surface area contributed by atoms with Gasteiger partial charge in [-0.2, -0.15) is 5.10 Å². The van der Waals surface area contributed by atoms with Crippen molar-refractivity contribution in [3.05, 3.63) is 53.6 Å². The molecule has 0 atom stereocenters. The number of ether oxygens (including phenoxy) is 1. The maximum Gasteiger partial charge on any atom is 0.191 e. The lowest BCUT2D eigenvalue weighted by Crippen LogP contribution is -2.30. The van der Waals surface area contributed by atoms with Crippen LogP contribution in [0.2, 0.25) is 0 Å². The van der Waals surface area contributed by atoms with Gasteiger partial charge in [0.15, 0.2) is 5.11 Å². The summed E-state index contributed by atoms with van der Waals surface area (Å²) >= 11 is 5.30. The van der Waals surface area contributed by atoms with E-state index < -0.39 is 0 Å². The van der Waals surface area contributed by atoms with Gasteiger partial charge in [-0.3, -0.25) is 5.43 Å². The average molecular weight is 383 g/mol. The van der Waals surface area contributed by atoms with Gasteiger partial charge in [-0.1, -0.05) is 25.1 Å². The fourth-order valence-electron chi connectivity index (χ4n) is 3.34. The van der Waals surface area contributed by atoms with Gasteiger partial charge in [0.05, 0.1) is 19.0 Å². The molecule has 0 amide bonds. The molecule has 0 fully saturated rings. The molecule has 2 N–H and O–H groups in total. The van der Waals surface area contributed by atoms with Crippen LogP contribution in [0.3, 0.4) is 0 Å². The molecule has 142 valence electrons. The molecule has 0 spiro atoms. The highest BCUT2D eigenvalue weighted by molar-refractivity contribution is 7.80. The fourth-order valence-corrected chi connectivity index (χ4v) is 3.50. The van der Waals surface area contributed by atoms with Crippen LogP contribution in [-0.2, 0) is 6.42 Å². The summed E-state index contributed by atoms with van der Waals surface area (Å²) in [6, 6.07) is 14.2. The van der Waals surface area contributed by atoms with Gasteiger partial charge in [0.1, 0.15) is 5.75 Å². The monoisotopic (exact) mass is 382 g/mol. The summed E-state index contributed by atoms with van der Waals surface area (Å²) in [7, 11) is 1.63. The number of thiocarbonyl (C=S) groups is 1. The van der Waals surface area contributed by atoms with Crippen LogP contribution in [0.5, 0.6) is 5.75 Å². The highest BCUT2D eigenvalue weighted by Crippen LogP contribution is 2.27. The third-order valence-corrected chi connectivity index (χ3v) is 4.74. The summed E-state index contributed by atoms with van der Waals surface area (Å²) in [5, 5.41) is 7.78. The van der Waals surface area contributed by atoms with Crippen molar-refractivity contribution >= 4 is 34.9 Å². The number of nitrogens with one attached hydrogen (secondary N) is 2. The second kappa shape index (κ2) is 9.37. The Morgan fingerprint density at radius 1 is 1.30 bits per heavy atom. The third-order valence-electron chi connectivity index (χ3n) is 4.55. The lowest BCUT2D eigenvalue weighted by molar-refractivity contribution is 0.417. The molecule has 0 unspecified atom stereocenters. The van der Waals surface area contributed by atoms with E-state index in [9.17, 15) is 0 Å². The molecule has 3 rings (SSSR count). The number of hydrogen-bond donors (Lipinski definition) is 2. The van der Waals surface area contributed by atoms with Crippen molar-refractivity contribution in [2.75, 3.05) is 30.4 Å². The molecule has 1 heterocycles. The SMILES string of the molecule is CCCN1CCCc2cc(C=NNC(=S)Nc3ccccc3OC)ccc21. The Balaban J connectivity index is 1.60. The zero-order valence-corrected chi connectivity index (χ0v) is 16.7. The number of aryl methyl sites for hydroxylation is 1. The number of rotatable bonds is 6. The van der Waals surface area contributed by atoms with Crippen molar-refractivity contribution in [2.24, 2.45) is 5.10 Å². The normalized spacial score (nSPS) is 13.3. The molecule has 6 heteroatoms. The Morgan fingerprint density at radius 3 is 2.96 bits per heavy atom. The van der Waals surface area contributed by atoms with Gasteiger partial charge in [0.25, 0.3) is 0 Å². The quantitative estimate of drug-likeness (QED) is 0.446. The molecular formula is C21H26N4OS. The first-order valence-electron chi connectivity index (χ1n) is 9.32. The third kappa shape index (κ3) is 4.98. The predicted molar refractivity (Wildman–Crippen MR) is 117 cm³/mol. The van der Waals surface area contributed by atoms with Gasteiger partial charge in [0, 0.05) is 18.8 Å². The van der Waals surface area contributed by atoms with Gasteiger partial charge in [-0.05, 0) is 66.9 Å². The van der Waals surface area contributed by atoms with Crippen LogP contribution in [0.1, 0.15) is 30.9 Å². The van der Waals surface area contributed by atoms with Crippen molar-refractivity contribution in [1.29, 1.82) is 0 Å². The zero-order chi connectivity index (χ0) is 19.1. The van der Waals surface area contributed by atoms with E-state index in [1.807, 2.05) is 24.3 Å². The number of anilines is 2. The van der Waals surface area contributed by atoms with E-state index in [1.165, 1.54) is 24.1 Å². The van der Waals surface area contributed by atoms with Gasteiger partial charge in [0.2, 0.25) is 0 Å². The van der Waals surface area contributed by atoms with E-state index >= 15 is 0 Å². The maximum absolute atomic E-state index is 5.31. The van der Waals surface area contributed by atoms with Crippen LogP contribution >= 0.6 is 12.2 Å². The average Bonchev–Trinajstić information content (AvgIpc) is 2.69. The molecule has 2 aromatic rings. The molecule has 0 aromatic heterocycles. The Hall–Kier alpha value is -2.60. The van der Waals surface area contributed by atoms with E-state index in [-0.39, 0.29) is 0 Å². The summed E-state index contributed by atoms with van der Waals surface area (Å²) in [5.41, 5.74) is 7.50. The molecule has 0 aliphatic carbocycles. The Labute approximate surface area is 166 Å². The largest absolute Gasteiger partial charge is 0.495 e. The van der Waals surface area contributed by atoms with E-state index in [1.54, 1.807) is 13.3 Å². The second-order valence-corrected chi connectivity index (χ2v) is 6.91. The van der Waals surface area contributed by atoms with Gasteiger partial charge in [-0.25, -0.2) is 0 Å². The molecule has 0 saturated carbocycles. The molecule has 0 radical (unpaired) electrons. The molecule has 1 aliphatic heterocycles. The first kappa shape index (κ1) is 19.2. The van der Waals surface area contributed by atoms with Crippen LogP contribution < -0.4 is 20.4 Å². The van der Waals surface area contributed by atoms with Gasteiger partial charge in [-0.15, -0.1) is 0 Å². The highest BCUT2D eigenvalue weighted by Gasteiger charge is 2.15. The summed E-state index contributed by atoms with van der Waals surface area (Å²) in [4.78, 5) is 2.48. The first-order valence-corrected chi connectivity index (χ1v) is 9.73. The molecule has 1 aliphatic rings. The standard InChI is InChI=1S/C21H26N4OS/c1-3-12-25-13-6-7-17-14-16(10-11-19(17)25)15-22-24-21(27)23-18-8-4-5-9-20(18)26-2/h4-5,8-11,14-15H,3,6-7,12-13H2,1-2H3,(H2,23,24,27). The number of fused-ring (bicyclic) bond motifs is 1. The van der Waals surface area contributed by atoms with Crippen LogP contribution in [0.25, 0.3) is 0 Å². The van der Waals surface area contributed by atoms with Gasteiger partial charge < -0.3 is 15.0 Å². The summed E-state index contributed by atoms with van der Waals surface area (Å²) in [6.07, 6.45) is 5.30. The minimum atomic E-state index is 0.419. The number of hydrogen-bond acceptors (Lipinski definition) is 4. The maximum atomic E-state index is 5.31. The second-order valence-electron chi connectivity index (χ2n) is 6.50. The van der Waals surface area contributed by atoms with Crippen LogP contribution in [0, 0.1) is 0 Å². The number of methoxy groups -OCH3 is 1. The Bertz CT molecular complexity index is 822. The van der Waals surface area contributed by atoms with Crippen LogP contribution in [0.4, 0.5) is 11.4 Å². The minimum absolute atomic E-state index is 0.419. The fraction of sp³-hybridized carbons (Fsp3) is 0.333. The molecule has 0 bridgehead atoms. The lowest BCUT2D eigenvalue weighted by Gasteiger charge is -2.31. The van der Waals surface area contributed by atoms with Crippen molar-refractivity contribution in [1.82, 2.24) is 5.43 Å². The number of hydrazone groups is 1. The Kier molecular flexibility index (Phi) is 6.65. The summed E-state index contributed by atoms with van der Waals surface area (Å²) in [6.45, 7) is 4.49. The Morgan fingerprint density at radius 2 is 2.15 bits per heavy atom. The zero-order valence-electron chi connectivity index (χ0n) is 15.9. The predicted octanol–water partition coefficient (Wildman–Crippen LogP) is 4.18. The van der Waals surface area contributed by atoms with Crippen molar-refractivity contribution in [3.8, 4) is 5.75 Å². The highest BCUT2D eigenvalue weighted by atomic mass is 32.1. The summed E-state index contributed by atoms with van der Waals surface area (Å²) in [5.74, 6) is 0.733. The summed E-state index contributed by atoms with van der Waals surface area (Å²) < 4.78 is 5.31. The minimum Gasteiger partial charge on any atom is -0.495 e. The van der Waals surface area contributed by atoms with Crippen molar-refractivity contribution in [2.45, 2.75) is 26.2 Å². The molecule has 0 saturated heterocycles. The molecule has 2 aromatic carbocycles. The number of para-hydroxylation sites is 2. The van der Waals surface area contributed by atoms with E-state index in [0.717, 1.165) is 36.5 Å². The van der Waals surface area contributed by atoms with Crippen molar-refractivity contribution in [3.63, 3.8) is 0 Å². The number of benzene rings is 2. The van der Waals surface area contributed by atoms with Crippen LogP contribution in [0.15, 0.2) is 47.6 Å². The molecular weight excluding hydrogens is 356 g/mol. The smallest absolute Gasteiger partial charge is 0.191 e. The lowest BCUT2D eigenvalue weighted by atomic mass is 9.99. The van der Waals surface area contributed by atoms with Crippen LogP contribution in [-0.4, -0.2) is 31.5 Å². The van der Waals surface area contributed by atoms with E-state index in [0.29, 0.717) is 5.11 Å². The van der Waals surface area contributed by atoms with Crippen molar-refractivity contribution < 1.29 is 4.74 Å². The first-order chi connectivity index (χ1) is 13.2. The van der Waals surface area contributed by atoms with E-state index in [4.69, 9.17) is 17.0 Å².